The van der Waals surface area contributed by atoms with Gasteiger partial charge in [-0.1, -0.05) is 140 Å². The third-order valence-electron chi connectivity index (χ3n) is 12.7. The van der Waals surface area contributed by atoms with Gasteiger partial charge in [0.1, 0.15) is 0 Å². The fourth-order valence-corrected chi connectivity index (χ4v) is 10.3. The first-order valence-electron chi connectivity index (χ1n) is 19.7. The molecule has 13 rings (SSSR count). The van der Waals surface area contributed by atoms with Crippen molar-refractivity contribution in [2.75, 3.05) is 0 Å². The van der Waals surface area contributed by atoms with Crippen LogP contribution in [0.3, 0.4) is 0 Å². The maximum atomic E-state index is 2.60. The molecule has 1 unspecified atom stereocenters. The SMILES string of the molecule is C1=CC2=CC3=C(CC2C=C1)n1c2ccccc2c2cc(-c4ccc5c(c4)c4ccccc4n5-c4cc5ccccc5c5ccccc45)cc(c21)-c1ccccc13. The summed E-state index contributed by atoms with van der Waals surface area (Å²) in [7, 11) is 0. The van der Waals surface area contributed by atoms with Crippen molar-refractivity contribution in [3.8, 4) is 27.9 Å². The molecule has 56 heavy (non-hydrogen) atoms. The molecule has 1 atom stereocenters. The molecule has 0 spiro atoms. The summed E-state index contributed by atoms with van der Waals surface area (Å²) in [5.74, 6) is 0.379. The highest BCUT2D eigenvalue weighted by Gasteiger charge is 2.31. The Labute approximate surface area is 323 Å². The van der Waals surface area contributed by atoms with E-state index in [9.17, 15) is 0 Å². The van der Waals surface area contributed by atoms with Gasteiger partial charge in [0.25, 0.3) is 0 Å². The van der Waals surface area contributed by atoms with E-state index in [0.717, 1.165) is 6.42 Å². The third kappa shape index (κ3) is 4.05. The number of aromatic nitrogens is 2. The van der Waals surface area contributed by atoms with Crippen LogP contribution in [-0.4, -0.2) is 9.13 Å². The summed E-state index contributed by atoms with van der Waals surface area (Å²) in [5, 5.41) is 10.2. The minimum atomic E-state index is 0.379. The third-order valence-corrected chi connectivity index (χ3v) is 12.7. The predicted octanol–water partition coefficient (Wildman–Crippen LogP) is 14.3. The lowest BCUT2D eigenvalue weighted by Gasteiger charge is -2.27. The van der Waals surface area contributed by atoms with E-state index in [0.29, 0.717) is 5.92 Å². The fourth-order valence-electron chi connectivity index (χ4n) is 10.3. The highest BCUT2D eigenvalue weighted by atomic mass is 15.0. The number of para-hydroxylation sites is 2. The summed E-state index contributed by atoms with van der Waals surface area (Å²) < 4.78 is 5.08. The van der Waals surface area contributed by atoms with Gasteiger partial charge in [-0.15, -0.1) is 0 Å². The zero-order valence-corrected chi connectivity index (χ0v) is 30.6. The van der Waals surface area contributed by atoms with Crippen molar-refractivity contribution < 1.29 is 0 Å². The van der Waals surface area contributed by atoms with E-state index in [-0.39, 0.29) is 0 Å². The molecule has 0 amide bonds. The molecule has 0 fully saturated rings. The molecular formula is C54H34N2. The Morgan fingerprint density at radius 1 is 0.446 bits per heavy atom. The van der Waals surface area contributed by atoms with E-state index in [1.807, 2.05) is 0 Å². The number of fused-ring (bicyclic) bond motifs is 14. The summed E-state index contributed by atoms with van der Waals surface area (Å²) in [6.07, 6.45) is 12.5. The second-order valence-electron chi connectivity index (χ2n) is 15.6. The van der Waals surface area contributed by atoms with Crippen molar-refractivity contribution in [3.05, 3.63) is 199 Å². The Morgan fingerprint density at radius 3 is 1.96 bits per heavy atom. The Bertz CT molecular complexity index is 3500. The standard InChI is InChI=1S/C54H34N2/c1-2-14-34-31-53-45(27-33(34)13-1)40-18-5-6-19-41(40)47-29-37(30-48-44-22-10-12-24-50(44)56(53)54(47)48)35-25-26-51-46(28-35)43-21-9-11-23-49(43)55(51)52-32-36-15-3-4-16-38(36)39-17-7-8-20-42(39)52/h1-30,32,34H,31H2. The van der Waals surface area contributed by atoms with Crippen molar-refractivity contribution in [1.29, 1.82) is 0 Å². The van der Waals surface area contributed by atoms with Crippen LogP contribution in [0.25, 0.3) is 104 Å². The Balaban J connectivity index is 1.08. The molecule has 2 nitrogen and oxygen atoms in total. The van der Waals surface area contributed by atoms with E-state index in [4.69, 9.17) is 0 Å². The number of hydrogen-bond acceptors (Lipinski definition) is 0. The molecule has 0 saturated carbocycles. The van der Waals surface area contributed by atoms with Crippen LogP contribution in [0.1, 0.15) is 12.0 Å². The second kappa shape index (κ2) is 11.2. The lowest BCUT2D eigenvalue weighted by molar-refractivity contribution is 0.773. The van der Waals surface area contributed by atoms with Gasteiger partial charge in [-0.2, -0.15) is 0 Å². The van der Waals surface area contributed by atoms with Crippen LogP contribution >= 0.6 is 0 Å². The van der Waals surface area contributed by atoms with Crippen LogP contribution in [0.5, 0.6) is 0 Å². The molecule has 0 N–H and O–H groups in total. The topological polar surface area (TPSA) is 9.86 Å². The van der Waals surface area contributed by atoms with Gasteiger partial charge in [0.2, 0.25) is 0 Å². The van der Waals surface area contributed by atoms with Gasteiger partial charge in [0, 0.05) is 49.7 Å². The maximum Gasteiger partial charge on any atom is 0.0617 e. The Hall–Kier alpha value is -7.16. The van der Waals surface area contributed by atoms with Crippen LogP contribution in [0.4, 0.5) is 0 Å². The average molecular weight is 711 g/mol. The van der Waals surface area contributed by atoms with E-state index < -0.39 is 0 Å². The molecule has 2 aromatic heterocycles. The lowest BCUT2D eigenvalue weighted by atomic mass is 9.81. The van der Waals surface area contributed by atoms with E-state index in [1.54, 1.807) is 0 Å². The quantitative estimate of drug-likeness (QED) is 0.158. The van der Waals surface area contributed by atoms with Crippen molar-refractivity contribution in [2.45, 2.75) is 6.42 Å². The molecule has 3 heterocycles. The zero-order valence-electron chi connectivity index (χ0n) is 30.6. The highest BCUT2D eigenvalue weighted by molar-refractivity contribution is 6.20. The summed E-state index contributed by atoms with van der Waals surface area (Å²) in [5.41, 5.74) is 16.7. The first-order valence-corrected chi connectivity index (χ1v) is 19.7. The van der Waals surface area contributed by atoms with Gasteiger partial charge in [-0.05, 0) is 98.9 Å². The van der Waals surface area contributed by atoms with E-state index in [1.165, 1.54) is 116 Å². The summed E-state index contributed by atoms with van der Waals surface area (Å²) in [6.45, 7) is 0. The first-order chi connectivity index (χ1) is 27.8. The maximum absolute atomic E-state index is 2.60. The molecule has 0 radical (unpaired) electrons. The molecule has 0 saturated heterocycles. The van der Waals surface area contributed by atoms with Crippen LogP contribution < -0.4 is 0 Å². The number of hydrogen-bond donors (Lipinski definition) is 0. The molecule has 1 aliphatic heterocycles. The molecule has 260 valence electrons. The van der Waals surface area contributed by atoms with E-state index >= 15 is 0 Å². The number of allylic oxidation sites excluding steroid dienone is 8. The molecule has 10 aromatic rings. The minimum Gasteiger partial charge on any atom is -0.312 e. The van der Waals surface area contributed by atoms with Crippen molar-refractivity contribution in [1.82, 2.24) is 9.13 Å². The van der Waals surface area contributed by atoms with Gasteiger partial charge in [0.05, 0.1) is 27.8 Å². The zero-order chi connectivity index (χ0) is 36.5. The summed E-state index contributed by atoms with van der Waals surface area (Å²) in [4.78, 5) is 0. The fraction of sp³-hybridized carbons (Fsp3) is 0.0370. The van der Waals surface area contributed by atoms with Gasteiger partial charge in [0.15, 0.2) is 0 Å². The molecule has 0 bridgehead atoms. The Morgan fingerprint density at radius 2 is 1.11 bits per heavy atom. The minimum absolute atomic E-state index is 0.379. The summed E-state index contributed by atoms with van der Waals surface area (Å²) >= 11 is 0. The van der Waals surface area contributed by atoms with Gasteiger partial charge < -0.3 is 9.13 Å². The van der Waals surface area contributed by atoms with Gasteiger partial charge in [-0.3, -0.25) is 0 Å². The molecule has 2 heteroatoms. The molecular weight excluding hydrogens is 677 g/mol. The first kappa shape index (κ1) is 30.2. The molecule has 3 aliphatic rings. The summed E-state index contributed by atoms with van der Waals surface area (Å²) in [6, 6.07) is 59.0. The average Bonchev–Trinajstić information content (AvgIpc) is 3.74. The van der Waals surface area contributed by atoms with Crippen molar-refractivity contribution in [3.63, 3.8) is 0 Å². The lowest BCUT2D eigenvalue weighted by Crippen LogP contribution is -2.12. The van der Waals surface area contributed by atoms with Crippen molar-refractivity contribution >= 4 is 76.4 Å². The smallest absolute Gasteiger partial charge is 0.0617 e. The largest absolute Gasteiger partial charge is 0.312 e. The van der Waals surface area contributed by atoms with Crippen molar-refractivity contribution in [2.24, 2.45) is 5.92 Å². The van der Waals surface area contributed by atoms with Crippen LogP contribution in [0.15, 0.2) is 194 Å². The number of rotatable bonds is 2. The molecule has 8 aromatic carbocycles. The predicted molar refractivity (Wildman–Crippen MR) is 237 cm³/mol. The second-order valence-corrected chi connectivity index (χ2v) is 15.6. The normalized spacial score (nSPS) is 15.9. The monoisotopic (exact) mass is 710 g/mol. The van der Waals surface area contributed by atoms with Crippen LogP contribution in [-0.2, 0) is 0 Å². The number of nitrogens with zero attached hydrogens (tertiary/aromatic N) is 2. The number of benzene rings is 8. The van der Waals surface area contributed by atoms with Gasteiger partial charge in [-0.25, -0.2) is 0 Å². The Kier molecular flexibility index (Phi) is 6.04. The van der Waals surface area contributed by atoms with Crippen LogP contribution in [0, 0.1) is 5.92 Å². The highest BCUT2D eigenvalue weighted by Crippen LogP contribution is 2.51. The van der Waals surface area contributed by atoms with Gasteiger partial charge >= 0.3 is 0 Å². The van der Waals surface area contributed by atoms with E-state index in [2.05, 4.69) is 197 Å². The van der Waals surface area contributed by atoms with Crippen LogP contribution in [0.2, 0.25) is 0 Å². The molecule has 2 aliphatic carbocycles.